The third kappa shape index (κ3) is 6.94. The van der Waals surface area contributed by atoms with Crippen molar-refractivity contribution in [3.05, 3.63) is 248 Å². The van der Waals surface area contributed by atoms with E-state index in [1.54, 1.807) is 0 Å². The molecule has 2 aromatic heterocycles. The van der Waals surface area contributed by atoms with Gasteiger partial charge in [-0.05, 0) is 101 Å². The van der Waals surface area contributed by atoms with Gasteiger partial charge in [0.05, 0.1) is 27.8 Å². The third-order valence-corrected chi connectivity index (χ3v) is 12.1. The molecule has 4 heteroatoms. The number of amidine groups is 1. The predicted octanol–water partition coefficient (Wildman–Crippen LogP) is 15.1. The van der Waals surface area contributed by atoms with Crippen LogP contribution in [-0.2, 0) is 0 Å². The SMILES string of the molecule is C=C(N=C(N=C(C)c1ccccc1)c1cccc(-n2c3ccccc3c3cc(-c4ccc(-c5ccc6c(c5)c5ccccc5n6-c5ccccc5)cc4)ccc32)c1)c1ccccc1. The summed E-state index contributed by atoms with van der Waals surface area (Å²) in [7, 11) is 0. The second-order valence-corrected chi connectivity index (χ2v) is 15.9. The molecule has 0 saturated carbocycles. The summed E-state index contributed by atoms with van der Waals surface area (Å²) in [5, 5.41) is 4.90. The molecule has 298 valence electrons. The van der Waals surface area contributed by atoms with E-state index in [-0.39, 0.29) is 0 Å². The highest BCUT2D eigenvalue weighted by atomic mass is 15.0. The van der Waals surface area contributed by atoms with Crippen LogP contribution in [0.5, 0.6) is 0 Å². The summed E-state index contributed by atoms with van der Waals surface area (Å²) in [6.07, 6.45) is 0. The Balaban J connectivity index is 0.959. The number of hydrogen-bond donors (Lipinski definition) is 0. The lowest BCUT2D eigenvalue weighted by molar-refractivity contribution is 1.18. The molecule has 63 heavy (non-hydrogen) atoms. The van der Waals surface area contributed by atoms with Gasteiger partial charge in [-0.3, -0.25) is 0 Å². The second-order valence-electron chi connectivity index (χ2n) is 15.9. The molecule has 0 N–H and O–H groups in total. The van der Waals surface area contributed by atoms with Crippen LogP contribution in [0.15, 0.2) is 241 Å². The Morgan fingerprint density at radius 2 is 0.778 bits per heavy atom. The van der Waals surface area contributed by atoms with E-state index < -0.39 is 0 Å². The van der Waals surface area contributed by atoms with E-state index in [0.29, 0.717) is 11.5 Å². The Kier molecular flexibility index (Phi) is 9.52. The van der Waals surface area contributed by atoms with Gasteiger partial charge in [-0.15, -0.1) is 0 Å². The smallest absolute Gasteiger partial charge is 0.160 e. The second kappa shape index (κ2) is 15.9. The van der Waals surface area contributed by atoms with Gasteiger partial charge in [0.15, 0.2) is 5.84 Å². The number of hydrogen-bond acceptors (Lipinski definition) is 1. The summed E-state index contributed by atoms with van der Waals surface area (Å²) in [5.74, 6) is 0.609. The van der Waals surface area contributed by atoms with Crippen LogP contribution in [0, 0.1) is 0 Å². The van der Waals surface area contributed by atoms with Gasteiger partial charge < -0.3 is 9.13 Å². The Morgan fingerprint density at radius 1 is 0.349 bits per heavy atom. The number of nitrogens with zero attached hydrogens (tertiary/aromatic N) is 4. The van der Waals surface area contributed by atoms with Crippen LogP contribution in [-0.4, -0.2) is 20.7 Å². The number of rotatable bonds is 8. The summed E-state index contributed by atoms with van der Waals surface area (Å²) >= 11 is 0. The van der Waals surface area contributed by atoms with Crippen molar-refractivity contribution in [3.63, 3.8) is 0 Å². The molecule has 11 rings (SSSR count). The third-order valence-electron chi connectivity index (χ3n) is 12.1. The van der Waals surface area contributed by atoms with Crippen LogP contribution in [0.1, 0.15) is 23.6 Å². The summed E-state index contributed by atoms with van der Waals surface area (Å²) in [4.78, 5) is 10.2. The molecule has 0 atom stereocenters. The maximum atomic E-state index is 5.13. The first-order chi connectivity index (χ1) is 31.1. The Morgan fingerprint density at radius 3 is 1.35 bits per heavy atom. The Labute approximate surface area is 366 Å². The zero-order valence-electron chi connectivity index (χ0n) is 34.9. The largest absolute Gasteiger partial charge is 0.309 e. The van der Waals surface area contributed by atoms with Gasteiger partial charge in [0, 0.05) is 44.2 Å². The van der Waals surface area contributed by atoms with E-state index in [0.717, 1.165) is 39.1 Å². The normalized spacial score (nSPS) is 12.1. The van der Waals surface area contributed by atoms with Crippen molar-refractivity contribution >= 4 is 60.9 Å². The van der Waals surface area contributed by atoms with E-state index in [1.165, 1.54) is 60.5 Å². The summed E-state index contributed by atoms with van der Waals surface area (Å²) < 4.78 is 4.71. The number of aliphatic imine (C=N–C) groups is 2. The standard InChI is InChI=1S/C59H42N4/c1-40(42-17-6-3-7-18-42)60-59(61-41(2)43-19-8-4-9-20-43)48-21-16-24-50(37-48)63-56-28-15-13-26-52(56)54-39-47(34-36-58(54)63)45-31-29-44(30-32-45)46-33-35-57-53(38-46)51-25-12-14-27-55(51)62(57)49-22-10-5-11-23-49/h3-39H,1H2,2H3. The maximum Gasteiger partial charge on any atom is 0.160 e. The molecule has 0 aliphatic heterocycles. The van der Waals surface area contributed by atoms with Gasteiger partial charge in [0.1, 0.15) is 0 Å². The van der Waals surface area contributed by atoms with E-state index in [4.69, 9.17) is 9.98 Å². The molecular weight excluding hydrogens is 765 g/mol. The average Bonchev–Trinajstić information content (AvgIpc) is 3.87. The van der Waals surface area contributed by atoms with Crippen molar-refractivity contribution in [1.29, 1.82) is 0 Å². The molecule has 4 nitrogen and oxygen atoms in total. The first-order valence-corrected chi connectivity index (χ1v) is 21.3. The fourth-order valence-corrected chi connectivity index (χ4v) is 8.96. The van der Waals surface area contributed by atoms with Crippen molar-refractivity contribution in [3.8, 4) is 33.6 Å². The highest BCUT2D eigenvalue weighted by Crippen LogP contribution is 2.38. The Bertz CT molecular complexity index is 3550. The molecular formula is C59H42N4. The lowest BCUT2D eigenvalue weighted by atomic mass is 9.98. The highest BCUT2D eigenvalue weighted by molar-refractivity contribution is 6.14. The molecule has 0 aliphatic rings. The van der Waals surface area contributed by atoms with Crippen LogP contribution in [0.2, 0.25) is 0 Å². The fourth-order valence-electron chi connectivity index (χ4n) is 8.96. The molecule has 0 radical (unpaired) electrons. The molecule has 9 aromatic carbocycles. The molecule has 0 fully saturated rings. The van der Waals surface area contributed by atoms with Gasteiger partial charge in [0.25, 0.3) is 0 Å². The number of aromatic nitrogens is 2. The van der Waals surface area contributed by atoms with Crippen LogP contribution >= 0.6 is 0 Å². The highest BCUT2D eigenvalue weighted by Gasteiger charge is 2.17. The first kappa shape index (κ1) is 37.6. The average molecular weight is 807 g/mol. The first-order valence-electron chi connectivity index (χ1n) is 21.3. The summed E-state index contributed by atoms with van der Waals surface area (Å²) in [6.45, 7) is 6.38. The lowest BCUT2D eigenvalue weighted by Crippen LogP contribution is -2.05. The van der Waals surface area contributed by atoms with Gasteiger partial charge in [-0.2, -0.15) is 0 Å². The zero-order valence-corrected chi connectivity index (χ0v) is 34.9. The number of fused-ring (bicyclic) bond motifs is 6. The molecule has 0 spiro atoms. The lowest BCUT2D eigenvalue weighted by Gasteiger charge is -2.12. The van der Waals surface area contributed by atoms with Crippen LogP contribution in [0.3, 0.4) is 0 Å². The van der Waals surface area contributed by atoms with Gasteiger partial charge >= 0.3 is 0 Å². The molecule has 0 saturated heterocycles. The molecule has 0 amide bonds. The minimum absolute atomic E-state index is 0.609. The molecule has 11 aromatic rings. The quantitative estimate of drug-likeness (QED) is 0.108. The topological polar surface area (TPSA) is 34.6 Å². The zero-order chi connectivity index (χ0) is 42.3. The summed E-state index contributed by atoms with van der Waals surface area (Å²) in [6, 6.07) is 79.5. The predicted molar refractivity (Wildman–Crippen MR) is 267 cm³/mol. The van der Waals surface area contributed by atoms with Crippen molar-refractivity contribution in [2.24, 2.45) is 9.98 Å². The molecule has 2 heterocycles. The molecule has 0 bridgehead atoms. The van der Waals surface area contributed by atoms with Crippen molar-refractivity contribution < 1.29 is 0 Å². The van der Waals surface area contributed by atoms with Gasteiger partial charge in [-0.25, -0.2) is 9.98 Å². The van der Waals surface area contributed by atoms with Crippen LogP contribution in [0.25, 0.3) is 82.9 Å². The van der Waals surface area contributed by atoms with E-state index in [2.05, 4.69) is 192 Å². The number of para-hydroxylation sites is 3. The molecule has 0 unspecified atom stereocenters. The summed E-state index contributed by atoms with van der Waals surface area (Å²) in [5.41, 5.74) is 16.1. The van der Waals surface area contributed by atoms with Gasteiger partial charge in [-0.1, -0.05) is 170 Å². The van der Waals surface area contributed by atoms with E-state index >= 15 is 0 Å². The van der Waals surface area contributed by atoms with Gasteiger partial charge in [0.2, 0.25) is 0 Å². The van der Waals surface area contributed by atoms with Crippen LogP contribution in [0.4, 0.5) is 0 Å². The monoisotopic (exact) mass is 806 g/mol. The fraction of sp³-hybridized carbons (Fsp3) is 0.0169. The minimum Gasteiger partial charge on any atom is -0.309 e. The maximum absolute atomic E-state index is 5.13. The van der Waals surface area contributed by atoms with Crippen LogP contribution < -0.4 is 0 Å². The van der Waals surface area contributed by atoms with Crippen molar-refractivity contribution in [2.45, 2.75) is 6.92 Å². The van der Waals surface area contributed by atoms with Crippen molar-refractivity contribution in [2.75, 3.05) is 0 Å². The minimum atomic E-state index is 0.609. The Hall–Kier alpha value is -8.34. The van der Waals surface area contributed by atoms with Crippen molar-refractivity contribution in [1.82, 2.24) is 9.13 Å². The van der Waals surface area contributed by atoms with E-state index in [9.17, 15) is 0 Å². The van der Waals surface area contributed by atoms with E-state index in [1.807, 2.05) is 55.5 Å². The number of benzene rings is 9. The molecule has 0 aliphatic carbocycles.